The van der Waals surface area contributed by atoms with Crippen molar-refractivity contribution in [2.24, 2.45) is 0 Å². The molecule has 1 aliphatic rings. The minimum atomic E-state index is -0.474. The highest BCUT2D eigenvalue weighted by molar-refractivity contribution is 8.04. The summed E-state index contributed by atoms with van der Waals surface area (Å²) in [5, 5.41) is 3.75. The molecule has 1 heterocycles. The van der Waals surface area contributed by atoms with Crippen LogP contribution in [0.25, 0.3) is 0 Å². The second kappa shape index (κ2) is 11.7. The first-order chi connectivity index (χ1) is 17.8. The monoisotopic (exact) mass is 534 g/mol. The van der Waals surface area contributed by atoms with Gasteiger partial charge in [0.05, 0.1) is 17.9 Å². The van der Waals surface area contributed by atoms with Crippen LogP contribution in [0.15, 0.2) is 82.2 Å². The highest BCUT2D eigenvalue weighted by atomic mass is 35.5. The molecule has 190 valence electrons. The summed E-state index contributed by atoms with van der Waals surface area (Å²) in [5.41, 5.74) is 3.81. The topological polar surface area (TPSA) is 75.7 Å². The quantitative estimate of drug-likeness (QED) is 0.183. The van der Waals surface area contributed by atoms with Gasteiger partial charge in [0.1, 0.15) is 10.6 Å². The van der Waals surface area contributed by atoms with Crippen LogP contribution in [0.3, 0.4) is 0 Å². The molecule has 0 aliphatic carbocycles. The van der Waals surface area contributed by atoms with Gasteiger partial charge in [-0.3, -0.25) is 9.59 Å². The Balaban J connectivity index is 1.64. The van der Waals surface area contributed by atoms with Gasteiger partial charge in [-0.1, -0.05) is 42.8 Å². The molecule has 6 nitrogen and oxygen atoms in total. The van der Waals surface area contributed by atoms with Crippen LogP contribution in [0.1, 0.15) is 41.3 Å². The fraction of sp³-hybridized carbons (Fsp3) is 0.207. The maximum atomic E-state index is 13.6. The Kier molecular flexibility index (Phi) is 8.36. The van der Waals surface area contributed by atoms with Crippen molar-refractivity contribution in [3.63, 3.8) is 0 Å². The summed E-state index contributed by atoms with van der Waals surface area (Å²) in [4.78, 5) is 41.6. The molecule has 37 heavy (non-hydrogen) atoms. The average Bonchev–Trinajstić information content (AvgIpc) is 3.11. The number of rotatable bonds is 9. The maximum absolute atomic E-state index is 13.6. The largest absolute Gasteiger partial charge is 0.462 e. The zero-order chi connectivity index (χ0) is 26.5. The van der Waals surface area contributed by atoms with E-state index in [1.54, 1.807) is 48.5 Å². The third-order valence-electron chi connectivity index (χ3n) is 5.94. The van der Waals surface area contributed by atoms with E-state index in [1.165, 1.54) is 11.8 Å². The Morgan fingerprint density at radius 1 is 0.946 bits per heavy atom. The predicted molar refractivity (Wildman–Crippen MR) is 148 cm³/mol. The Morgan fingerprint density at radius 2 is 1.65 bits per heavy atom. The normalized spacial score (nSPS) is 13.4. The van der Waals surface area contributed by atoms with E-state index in [1.807, 2.05) is 39.0 Å². The highest BCUT2D eigenvalue weighted by Crippen LogP contribution is 2.38. The van der Waals surface area contributed by atoms with Crippen molar-refractivity contribution in [3.05, 3.63) is 99.0 Å². The number of esters is 1. The number of imide groups is 1. The molecule has 8 heteroatoms. The van der Waals surface area contributed by atoms with Crippen molar-refractivity contribution in [3.8, 4) is 0 Å². The minimum Gasteiger partial charge on any atom is -0.462 e. The SMILES string of the molecule is CCCCOC(=O)c1ccc(N2C(=O)C(Nc3ccc(C)c(C)c3)=C(Sc3ccc(Cl)cc3)C2=O)cc1. The first kappa shape index (κ1) is 26.5. The number of nitrogens with zero attached hydrogens (tertiary/aromatic N) is 1. The molecule has 2 amide bonds. The van der Waals surface area contributed by atoms with E-state index in [0.29, 0.717) is 28.6 Å². The number of nitrogens with one attached hydrogen (secondary N) is 1. The number of carbonyl (C=O) groups is 3. The fourth-order valence-corrected chi connectivity index (χ4v) is 4.73. The molecule has 0 saturated heterocycles. The van der Waals surface area contributed by atoms with Gasteiger partial charge >= 0.3 is 5.97 Å². The molecule has 0 spiro atoms. The van der Waals surface area contributed by atoms with Crippen LogP contribution in [0.2, 0.25) is 5.02 Å². The first-order valence-corrected chi connectivity index (χ1v) is 13.2. The lowest BCUT2D eigenvalue weighted by atomic mass is 10.1. The van der Waals surface area contributed by atoms with E-state index in [9.17, 15) is 14.4 Å². The number of unbranched alkanes of at least 4 members (excludes halogenated alkanes) is 1. The van der Waals surface area contributed by atoms with Gasteiger partial charge in [0, 0.05) is 15.6 Å². The van der Waals surface area contributed by atoms with Gasteiger partial charge in [0.2, 0.25) is 0 Å². The van der Waals surface area contributed by atoms with E-state index in [-0.39, 0.29) is 10.6 Å². The molecule has 0 bridgehead atoms. The number of carbonyl (C=O) groups excluding carboxylic acids is 3. The summed E-state index contributed by atoms with van der Waals surface area (Å²) >= 11 is 7.22. The van der Waals surface area contributed by atoms with Crippen LogP contribution in [0.4, 0.5) is 11.4 Å². The molecule has 1 N–H and O–H groups in total. The van der Waals surface area contributed by atoms with Gasteiger partial charge in [-0.2, -0.15) is 0 Å². The summed E-state index contributed by atoms with van der Waals surface area (Å²) in [6.07, 6.45) is 1.71. The Morgan fingerprint density at radius 3 is 2.30 bits per heavy atom. The lowest BCUT2D eigenvalue weighted by Crippen LogP contribution is -2.32. The van der Waals surface area contributed by atoms with Gasteiger partial charge in [-0.15, -0.1) is 0 Å². The number of halogens is 1. The maximum Gasteiger partial charge on any atom is 0.338 e. The zero-order valence-electron chi connectivity index (χ0n) is 20.8. The van der Waals surface area contributed by atoms with Crippen molar-refractivity contribution in [1.82, 2.24) is 0 Å². The molecule has 0 atom stereocenters. The second-order valence-electron chi connectivity index (χ2n) is 8.67. The standard InChI is InChI=1S/C29H27ClN2O4S/c1-4-5-16-36-29(35)20-7-12-23(13-8-20)32-27(33)25(31-22-11-6-18(2)19(3)17-22)26(28(32)34)37-24-14-9-21(30)10-15-24/h6-15,17,31H,4-5,16H2,1-3H3. The molecule has 0 fully saturated rings. The summed E-state index contributed by atoms with van der Waals surface area (Å²) in [7, 11) is 0. The van der Waals surface area contributed by atoms with Gasteiger partial charge in [0.25, 0.3) is 11.8 Å². The van der Waals surface area contributed by atoms with E-state index < -0.39 is 17.8 Å². The minimum absolute atomic E-state index is 0.191. The van der Waals surface area contributed by atoms with Crippen molar-refractivity contribution in [2.75, 3.05) is 16.8 Å². The lowest BCUT2D eigenvalue weighted by Gasteiger charge is -2.16. The van der Waals surface area contributed by atoms with Gasteiger partial charge < -0.3 is 10.1 Å². The molecule has 0 saturated carbocycles. The lowest BCUT2D eigenvalue weighted by molar-refractivity contribution is -0.120. The van der Waals surface area contributed by atoms with Crippen LogP contribution in [0, 0.1) is 13.8 Å². The molecule has 3 aromatic rings. The Hall–Kier alpha value is -3.55. The first-order valence-electron chi connectivity index (χ1n) is 12.0. The van der Waals surface area contributed by atoms with Crippen LogP contribution < -0.4 is 10.2 Å². The molecule has 0 radical (unpaired) electrons. The number of benzene rings is 3. The van der Waals surface area contributed by atoms with E-state index in [0.717, 1.165) is 33.8 Å². The molecule has 1 aliphatic heterocycles. The van der Waals surface area contributed by atoms with Crippen molar-refractivity contribution in [1.29, 1.82) is 0 Å². The highest BCUT2D eigenvalue weighted by Gasteiger charge is 2.40. The number of ether oxygens (including phenoxy) is 1. The van der Waals surface area contributed by atoms with Crippen molar-refractivity contribution < 1.29 is 19.1 Å². The number of thioether (sulfide) groups is 1. The van der Waals surface area contributed by atoms with Crippen LogP contribution in [0.5, 0.6) is 0 Å². The van der Waals surface area contributed by atoms with Crippen molar-refractivity contribution >= 4 is 52.5 Å². The molecule has 0 aromatic heterocycles. The molecule has 0 unspecified atom stereocenters. The Labute approximate surface area is 225 Å². The molecule has 4 rings (SSSR count). The zero-order valence-corrected chi connectivity index (χ0v) is 22.4. The summed E-state index contributed by atoms with van der Waals surface area (Å²) in [6.45, 7) is 6.36. The number of amides is 2. The van der Waals surface area contributed by atoms with Crippen LogP contribution in [-0.4, -0.2) is 24.4 Å². The molecular weight excluding hydrogens is 508 g/mol. The third kappa shape index (κ3) is 6.06. The summed E-state index contributed by atoms with van der Waals surface area (Å²) in [6, 6.07) is 19.1. The molecular formula is C29H27ClN2O4S. The number of hydrogen-bond acceptors (Lipinski definition) is 6. The second-order valence-corrected chi connectivity index (χ2v) is 10.2. The number of anilines is 2. The van der Waals surface area contributed by atoms with Gasteiger partial charge in [-0.05, 0) is 92.1 Å². The smallest absolute Gasteiger partial charge is 0.338 e. The summed E-state index contributed by atoms with van der Waals surface area (Å²) in [5.74, 6) is -1.36. The predicted octanol–water partition coefficient (Wildman–Crippen LogP) is 6.90. The van der Waals surface area contributed by atoms with Gasteiger partial charge in [-0.25, -0.2) is 9.69 Å². The van der Waals surface area contributed by atoms with Crippen LogP contribution >= 0.6 is 23.4 Å². The van der Waals surface area contributed by atoms with Crippen molar-refractivity contribution in [2.45, 2.75) is 38.5 Å². The molecule has 3 aromatic carbocycles. The van der Waals surface area contributed by atoms with E-state index in [2.05, 4.69) is 5.32 Å². The number of hydrogen-bond donors (Lipinski definition) is 1. The Bertz CT molecular complexity index is 1370. The fourth-order valence-electron chi connectivity index (χ4n) is 3.67. The van der Waals surface area contributed by atoms with Crippen LogP contribution in [-0.2, 0) is 14.3 Å². The van der Waals surface area contributed by atoms with E-state index >= 15 is 0 Å². The third-order valence-corrected chi connectivity index (χ3v) is 7.29. The average molecular weight is 535 g/mol. The van der Waals surface area contributed by atoms with E-state index in [4.69, 9.17) is 16.3 Å². The summed E-state index contributed by atoms with van der Waals surface area (Å²) < 4.78 is 5.25. The number of aryl methyl sites for hydroxylation is 2. The van der Waals surface area contributed by atoms with Gasteiger partial charge in [0.15, 0.2) is 0 Å².